The van der Waals surface area contributed by atoms with Crippen LogP contribution in [0.25, 0.3) is 0 Å². The molecule has 2 aliphatic rings. The van der Waals surface area contributed by atoms with E-state index in [-0.39, 0.29) is 50.1 Å². The number of hydrogen-bond donors (Lipinski definition) is 3. The molecule has 238 valence electrons. The summed E-state index contributed by atoms with van der Waals surface area (Å²) in [5, 5.41) is 9.29. The third-order valence-electron chi connectivity index (χ3n) is 7.35. The number of benzene rings is 2. The van der Waals surface area contributed by atoms with Crippen molar-refractivity contribution in [2.24, 2.45) is 0 Å². The van der Waals surface area contributed by atoms with Crippen LogP contribution in [0.2, 0.25) is 0 Å². The molecule has 3 heterocycles. The first-order chi connectivity index (χ1) is 21.9. The Kier molecular flexibility index (Phi) is 11.1. The van der Waals surface area contributed by atoms with Gasteiger partial charge in [-0.15, -0.1) is 11.8 Å². The molecule has 1 saturated heterocycles. The third kappa shape index (κ3) is 8.65. The van der Waals surface area contributed by atoms with Gasteiger partial charge in [0.25, 0.3) is 11.8 Å². The van der Waals surface area contributed by atoms with E-state index in [1.807, 2.05) is 30.5 Å². The van der Waals surface area contributed by atoms with Crippen LogP contribution in [0.5, 0.6) is 17.2 Å². The van der Waals surface area contributed by atoms with Crippen LogP contribution in [-0.4, -0.2) is 92.6 Å². The molecule has 3 aromatic rings. The summed E-state index contributed by atoms with van der Waals surface area (Å²) in [6, 6.07) is 15.2. The Morgan fingerprint density at radius 1 is 1.07 bits per heavy atom. The number of amides is 4. The van der Waals surface area contributed by atoms with E-state index in [9.17, 15) is 14.4 Å². The number of thioether (sulfide) groups is 1. The lowest BCUT2D eigenvalue weighted by atomic mass is 10.0. The lowest BCUT2D eigenvalue weighted by Gasteiger charge is -2.38. The highest BCUT2D eigenvalue weighted by atomic mass is 32.2. The Hall–Kier alpha value is -4.33. The quantitative estimate of drug-likeness (QED) is 0.274. The Balaban J connectivity index is 1.37. The molecular weight excluding hydrogens is 598 g/mol. The summed E-state index contributed by atoms with van der Waals surface area (Å²) in [4.78, 5) is 45.4. The molecule has 0 unspecified atom stereocenters. The van der Waals surface area contributed by atoms with Crippen molar-refractivity contribution >= 4 is 29.6 Å². The number of ether oxygens (including phenoxy) is 4. The van der Waals surface area contributed by atoms with Crippen LogP contribution in [0.3, 0.4) is 0 Å². The average molecular weight is 636 g/mol. The number of carbonyl (C=O) groups excluding carboxylic acids is 3. The van der Waals surface area contributed by atoms with Crippen LogP contribution in [0, 0.1) is 0 Å². The summed E-state index contributed by atoms with van der Waals surface area (Å²) in [6.07, 6.45) is 3.58. The number of rotatable bonds is 6. The van der Waals surface area contributed by atoms with Gasteiger partial charge >= 0.3 is 6.03 Å². The largest absolute Gasteiger partial charge is 0.491 e. The molecule has 2 atom stereocenters. The van der Waals surface area contributed by atoms with Crippen molar-refractivity contribution in [3.05, 3.63) is 77.5 Å². The van der Waals surface area contributed by atoms with Crippen LogP contribution in [0.15, 0.2) is 65.8 Å². The number of urea groups is 1. The first kappa shape index (κ1) is 32.1. The summed E-state index contributed by atoms with van der Waals surface area (Å²) in [7, 11) is 1.58. The average Bonchev–Trinajstić information content (AvgIpc) is 3.05. The van der Waals surface area contributed by atoms with Crippen molar-refractivity contribution < 1.29 is 33.3 Å². The fraction of sp³-hybridized carbons (Fsp3) is 0.375. The zero-order valence-corrected chi connectivity index (χ0v) is 26.1. The minimum atomic E-state index is -0.477. The number of carbonyl (C=O) groups is 3. The Morgan fingerprint density at radius 2 is 1.93 bits per heavy atom. The second-order valence-electron chi connectivity index (χ2n) is 10.5. The molecule has 12 nitrogen and oxygen atoms in total. The molecule has 13 heteroatoms. The monoisotopic (exact) mass is 635 g/mol. The highest BCUT2D eigenvalue weighted by molar-refractivity contribution is 7.98. The van der Waals surface area contributed by atoms with Gasteiger partial charge in [-0.3, -0.25) is 9.59 Å². The number of pyridine rings is 1. The molecular formula is C32H37N5O7S. The molecule has 4 bridgehead atoms. The van der Waals surface area contributed by atoms with Crippen molar-refractivity contribution in [2.75, 3.05) is 52.8 Å². The SMILES string of the molecule is COCCOc1cc2cc(c1)C(=O)NCCNC(=O)N[C@H]1CCN(C(=O)c3cccnc3SC)C[C@@H]1OCc1cccc(c1)O2. The maximum atomic E-state index is 13.5. The Morgan fingerprint density at radius 3 is 2.78 bits per heavy atom. The number of nitrogens with zero attached hydrogens (tertiary/aromatic N) is 2. The predicted molar refractivity (Wildman–Crippen MR) is 168 cm³/mol. The molecule has 0 aliphatic carbocycles. The molecule has 2 aliphatic heterocycles. The molecule has 0 radical (unpaired) electrons. The first-order valence-corrected chi connectivity index (χ1v) is 15.9. The van der Waals surface area contributed by atoms with Gasteiger partial charge in [0.05, 0.1) is 30.9 Å². The standard InChI is InChI=1S/C32H37N5O7S/c1-41-13-14-42-24-16-22-17-25(18-24)44-23-6-3-5-21(15-23)20-43-28-19-37(31(39)26-7-4-9-34-30(26)45-2)12-8-27(28)36-32(40)35-11-10-33-29(22)38/h3-7,9,15-18,27-28H,8,10-14,19-20H2,1-2H3,(H,33,38)(H2,35,36,40)/t27-,28-/m0/s1. The van der Waals surface area contributed by atoms with Gasteiger partial charge in [0.2, 0.25) is 0 Å². The lowest BCUT2D eigenvalue weighted by Crippen LogP contribution is -2.58. The van der Waals surface area contributed by atoms with Crippen molar-refractivity contribution in [3.63, 3.8) is 0 Å². The van der Waals surface area contributed by atoms with Gasteiger partial charge in [-0.05, 0) is 54.6 Å². The zero-order chi connectivity index (χ0) is 31.6. The molecule has 1 fully saturated rings. The highest BCUT2D eigenvalue weighted by Crippen LogP contribution is 2.29. The van der Waals surface area contributed by atoms with Gasteiger partial charge in [-0.2, -0.15) is 0 Å². The normalized spacial score (nSPS) is 19.0. The smallest absolute Gasteiger partial charge is 0.315 e. The summed E-state index contributed by atoms with van der Waals surface area (Å²) in [5.41, 5.74) is 1.73. The van der Waals surface area contributed by atoms with Crippen LogP contribution in [0.4, 0.5) is 4.79 Å². The molecule has 2 aromatic carbocycles. The number of piperidine rings is 1. The maximum Gasteiger partial charge on any atom is 0.315 e. The summed E-state index contributed by atoms with van der Waals surface area (Å²) in [6.45, 7) is 2.06. The minimum absolute atomic E-state index is 0.127. The summed E-state index contributed by atoms with van der Waals surface area (Å²) in [5.74, 6) is 0.969. The molecule has 4 amide bonds. The van der Waals surface area contributed by atoms with Crippen molar-refractivity contribution in [3.8, 4) is 17.2 Å². The van der Waals surface area contributed by atoms with Gasteiger partial charge < -0.3 is 39.8 Å². The highest BCUT2D eigenvalue weighted by Gasteiger charge is 2.34. The summed E-state index contributed by atoms with van der Waals surface area (Å²) < 4.78 is 23.4. The number of hydrogen-bond acceptors (Lipinski definition) is 9. The predicted octanol–water partition coefficient (Wildman–Crippen LogP) is 3.46. The van der Waals surface area contributed by atoms with E-state index < -0.39 is 6.10 Å². The van der Waals surface area contributed by atoms with E-state index >= 15 is 0 Å². The number of likely N-dealkylation sites (tertiary alicyclic amines) is 1. The Bertz CT molecular complexity index is 1510. The van der Waals surface area contributed by atoms with Crippen molar-refractivity contribution in [1.82, 2.24) is 25.8 Å². The fourth-order valence-electron chi connectivity index (χ4n) is 5.12. The van der Waals surface area contributed by atoms with E-state index in [1.165, 1.54) is 11.8 Å². The second kappa shape index (κ2) is 15.6. The number of nitrogens with one attached hydrogen (secondary N) is 3. The van der Waals surface area contributed by atoms with E-state index in [0.717, 1.165) is 5.56 Å². The molecule has 3 N–H and O–H groups in total. The van der Waals surface area contributed by atoms with Crippen LogP contribution < -0.4 is 25.4 Å². The van der Waals surface area contributed by atoms with Crippen LogP contribution in [-0.2, 0) is 16.1 Å². The minimum Gasteiger partial charge on any atom is -0.491 e. The number of aromatic nitrogens is 1. The topological polar surface area (TPSA) is 140 Å². The lowest BCUT2D eigenvalue weighted by molar-refractivity contribution is -0.0236. The molecule has 1 aromatic heterocycles. The van der Waals surface area contributed by atoms with Crippen molar-refractivity contribution in [2.45, 2.75) is 30.2 Å². The maximum absolute atomic E-state index is 13.5. The fourth-order valence-corrected chi connectivity index (χ4v) is 5.66. The zero-order valence-electron chi connectivity index (χ0n) is 25.2. The van der Waals surface area contributed by atoms with E-state index in [1.54, 1.807) is 48.5 Å². The molecule has 0 spiro atoms. The van der Waals surface area contributed by atoms with Crippen molar-refractivity contribution in [1.29, 1.82) is 0 Å². The van der Waals surface area contributed by atoms with Crippen LogP contribution in [0.1, 0.15) is 32.7 Å². The van der Waals surface area contributed by atoms with Gasteiger partial charge in [-0.25, -0.2) is 9.78 Å². The number of fused-ring (bicyclic) bond motifs is 5. The molecule has 5 rings (SSSR count). The Labute approximate surface area is 266 Å². The third-order valence-corrected chi connectivity index (χ3v) is 8.06. The van der Waals surface area contributed by atoms with E-state index in [4.69, 9.17) is 18.9 Å². The van der Waals surface area contributed by atoms with E-state index in [0.29, 0.717) is 59.6 Å². The van der Waals surface area contributed by atoms with Gasteiger partial charge in [0, 0.05) is 51.1 Å². The number of methoxy groups -OCH3 is 1. The van der Waals surface area contributed by atoms with E-state index in [2.05, 4.69) is 20.9 Å². The van der Waals surface area contributed by atoms with Gasteiger partial charge in [0.15, 0.2) is 0 Å². The first-order valence-electron chi connectivity index (χ1n) is 14.7. The van der Waals surface area contributed by atoms with Crippen LogP contribution >= 0.6 is 11.8 Å². The molecule has 45 heavy (non-hydrogen) atoms. The van der Waals surface area contributed by atoms with Gasteiger partial charge in [0.1, 0.15) is 28.9 Å². The summed E-state index contributed by atoms with van der Waals surface area (Å²) >= 11 is 1.42. The molecule has 0 saturated carbocycles. The van der Waals surface area contributed by atoms with Gasteiger partial charge in [-0.1, -0.05) is 12.1 Å². The second-order valence-corrected chi connectivity index (χ2v) is 11.3.